The molecule has 0 aliphatic heterocycles. The zero-order valence-electron chi connectivity index (χ0n) is 8.20. The van der Waals surface area contributed by atoms with Crippen molar-refractivity contribution >= 4 is 0 Å². The summed E-state index contributed by atoms with van der Waals surface area (Å²) in [6.45, 7) is 4.81. The standard InChI is InChI=1S/C11H14F2/c1-8-4-6-10(11(3,12)13)7-5-9(8)2/h4-6H,7H2,1-3H3. The Morgan fingerprint density at radius 3 is 2.31 bits per heavy atom. The van der Waals surface area contributed by atoms with Crippen LogP contribution in [0, 0.1) is 0 Å². The number of allylic oxidation sites excluding steroid dienone is 6. The van der Waals surface area contributed by atoms with Crippen molar-refractivity contribution in [3.63, 3.8) is 0 Å². The van der Waals surface area contributed by atoms with E-state index in [9.17, 15) is 8.78 Å². The van der Waals surface area contributed by atoms with E-state index >= 15 is 0 Å². The molecule has 0 heterocycles. The summed E-state index contributed by atoms with van der Waals surface area (Å²) in [5.74, 6) is -2.70. The Kier molecular flexibility index (Phi) is 2.69. The molecule has 0 amide bonds. The molecule has 0 aromatic rings. The van der Waals surface area contributed by atoms with Crippen LogP contribution in [-0.4, -0.2) is 5.92 Å². The summed E-state index contributed by atoms with van der Waals surface area (Å²) in [6.07, 6.45) is 5.49. The monoisotopic (exact) mass is 184 g/mol. The lowest BCUT2D eigenvalue weighted by Crippen LogP contribution is -2.12. The molecule has 1 aliphatic rings. The minimum Gasteiger partial charge on any atom is -0.202 e. The maximum Gasteiger partial charge on any atom is 0.267 e. The van der Waals surface area contributed by atoms with Gasteiger partial charge in [-0.1, -0.05) is 23.8 Å². The fraction of sp³-hybridized carbons (Fsp3) is 0.455. The predicted octanol–water partition coefficient (Wildman–Crippen LogP) is 3.86. The molecule has 0 spiro atoms. The number of hydrogen-bond donors (Lipinski definition) is 0. The van der Waals surface area contributed by atoms with Gasteiger partial charge in [-0.15, -0.1) is 0 Å². The van der Waals surface area contributed by atoms with Crippen LogP contribution in [-0.2, 0) is 0 Å². The molecule has 1 aliphatic carbocycles. The first kappa shape index (κ1) is 10.2. The summed E-state index contributed by atoms with van der Waals surface area (Å²) in [5.41, 5.74) is 2.32. The Hall–Kier alpha value is -0.920. The van der Waals surface area contributed by atoms with Crippen LogP contribution >= 0.6 is 0 Å². The largest absolute Gasteiger partial charge is 0.267 e. The van der Waals surface area contributed by atoms with Crippen molar-refractivity contribution in [3.05, 3.63) is 34.9 Å². The van der Waals surface area contributed by atoms with Crippen molar-refractivity contribution in [2.75, 3.05) is 0 Å². The predicted molar refractivity (Wildman–Crippen MR) is 50.8 cm³/mol. The van der Waals surface area contributed by atoms with Gasteiger partial charge in [0.2, 0.25) is 0 Å². The van der Waals surface area contributed by atoms with Crippen LogP contribution in [0.1, 0.15) is 27.2 Å². The highest BCUT2D eigenvalue weighted by Crippen LogP contribution is 2.29. The van der Waals surface area contributed by atoms with Crippen LogP contribution in [0.25, 0.3) is 0 Å². The van der Waals surface area contributed by atoms with Gasteiger partial charge in [-0.3, -0.25) is 0 Å². The zero-order valence-corrected chi connectivity index (χ0v) is 8.20. The van der Waals surface area contributed by atoms with Crippen molar-refractivity contribution in [1.29, 1.82) is 0 Å². The lowest BCUT2D eigenvalue weighted by atomic mass is 10.1. The third-order valence-corrected chi connectivity index (χ3v) is 2.35. The maximum absolute atomic E-state index is 12.9. The highest BCUT2D eigenvalue weighted by molar-refractivity contribution is 5.37. The van der Waals surface area contributed by atoms with E-state index in [2.05, 4.69) is 0 Å². The van der Waals surface area contributed by atoms with Gasteiger partial charge >= 0.3 is 0 Å². The molecule has 0 aromatic carbocycles. The average molecular weight is 184 g/mol. The lowest BCUT2D eigenvalue weighted by molar-refractivity contribution is 0.0613. The van der Waals surface area contributed by atoms with Gasteiger partial charge in [0.15, 0.2) is 0 Å². The molecule has 0 radical (unpaired) electrons. The molecule has 72 valence electrons. The molecule has 0 saturated carbocycles. The van der Waals surface area contributed by atoms with E-state index in [1.165, 1.54) is 6.08 Å². The van der Waals surface area contributed by atoms with Crippen molar-refractivity contribution < 1.29 is 8.78 Å². The second kappa shape index (κ2) is 3.44. The van der Waals surface area contributed by atoms with E-state index in [1.807, 2.05) is 19.9 Å². The number of alkyl halides is 2. The van der Waals surface area contributed by atoms with Crippen molar-refractivity contribution in [3.8, 4) is 0 Å². The highest BCUT2D eigenvalue weighted by Gasteiger charge is 2.26. The first-order chi connectivity index (χ1) is 5.91. The average Bonchev–Trinajstić information content (AvgIpc) is 2.14. The molecular formula is C11H14F2. The normalized spacial score (nSPS) is 18.7. The van der Waals surface area contributed by atoms with Gasteiger partial charge in [0, 0.05) is 12.5 Å². The first-order valence-corrected chi connectivity index (χ1v) is 4.34. The fourth-order valence-corrected chi connectivity index (χ4v) is 1.17. The molecule has 0 fully saturated rings. The van der Waals surface area contributed by atoms with E-state index in [0.717, 1.165) is 18.1 Å². The second-order valence-electron chi connectivity index (χ2n) is 3.52. The Morgan fingerprint density at radius 2 is 1.77 bits per heavy atom. The van der Waals surface area contributed by atoms with Gasteiger partial charge in [-0.2, -0.15) is 0 Å². The summed E-state index contributed by atoms with van der Waals surface area (Å²) in [6, 6.07) is 0. The van der Waals surface area contributed by atoms with Crippen molar-refractivity contribution in [1.82, 2.24) is 0 Å². The van der Waals surface area contributed by atoms with E-state index in [0.29, 0.717) is 6.42 Å². The summed E-state index contributed by atoms with van der Waals surface area (Å²) in [4.78, 5) is 0. The molecule has 2 heteroatoms. The van der Waals surface area contributed by atoms with Gasteiger partial charge in [0.1, 0.15) is 0 Å². The van der Waals surface area contributed by atoms with Crippen LogP contribution in [0.4, 0.5) is 8.78 Å². The zero-order chi connectivity index (χ0) is 10.1. The van der Waals surface area contributed by atoms with Crippen LogP contribution in [0.15, 0.2) is 34.9 Å². The third kappa shape index (κ3) is 2.51. The summed E-state index contributed by atoms with van der Waals surface area (Å²) in [7, 11) is 0. The molecular weight excluding hydrogens is 170 g/mol. The summed E-state index contributed by atoms with van der Waals surface area (Å²) < 4.78 is 25.8. The number of halogens is 2. The van der Waals surface area contributed by atoms with E-state index in [1.54, 1.807) is 6.08 Å². The van der Waals surface area contributed by atoms with Crippen LogP contribution < -0.4 is 0 Å². The molecule has 0 nitrogen and oxygen atoms in total. The summed E-state index contributed by atoms with van der Waals surface area (Å²) >= 11 is 0. The van der Waals surface area contributed by atoms with Gasteiger partial charge in [0.25, 0.3) is 5.92 Å². The van der Waals surface area contributed by atoms with E-state index in [4.69, 9.17) is 0 Å². The first-order valence-electron chi connectivity index (χ1n) is 4.34. The highest BCUT2D eigenvalue weighted by atomic mass is 19.3. The molecule has 0 atom stereocenters. The Bertz CT molecular complexity index is 288. The maximum atomic E-state index is 12.9. The molecule has 13 heavy (non-hydrogen) atoms. The van der Waals surface area contributed by atoms with Gasteiger partial charge < -0.3 is 0 Å². The fourth-order valence-electron chi connectivity index (χ4n) is 1.17. The van der Waals surface area contributed by atoms with Crippen molar-refractivity contribution in [2.45, 2.75) is 33.1 Å². The Morgan fingerprint density at radius 1 is 1.15 bits per heavy atom. The van der Waals surface area contributed by atoms with Gasteiger partial charge in [0.05, 0.1) is 0 Å². The van der Waals surface area contributed by atoms with Crippen LogP contribution in [0.2, 0.25) is 0 Å². The Balaban J connectivity index is 2.96. The summed E-state index contributed by atoms with van der Waals surface area (Å²) in [5, 5.41) is 0. The van der Waals surface area contributed by atoms with Crippen LogP contribution in [0.5, 0.6) is 0 Å². The van der Waals surface area contributed by atoms with Crippen molar-refractivity contribution in [2.24, 2.45) is 0 Å². The van der Waals surface area contributed by atoms with E-state index in [-0.39, 0.29) is 5.57 Å². The molecule has 0 unspecified atom stereocenters. The van der Waals surface area contributed by atoms with Gasteiger partial charge in [-0.05, 0) is 25.8 Å². The quantitative estimate of drug-likeness (QED) is 0.580. The SMILES string of the molecule is CC1=CC=C(C(C)(F)F)CC=C1C. The third-order valence-electron chi connectivity index (χ3n) is 2.35. The van der Waals surface area contributed by atoms with Gasteiger partial charge in [-0.25, -0.2) is 8.78 Å². The molecule has 0 saturated heterocycles. The topological polar surface area (TPSA) is 0 Å². The molecule has 0 bridgehead atoms. The number of rotatable bonds is 1. The molecule has 0 aromatic heterocycles. The molecule has 1 rings (SSSR count). The molecule has 0 N–H and O–H groups in total. The Labute approximate surface area is 77.6 Å². The second-order valence-corrected chi connectivity index (χ2v) is 3.52. The minimum absolute atomic E-state index is 0.184. The smallest absolute Gasteiger partial charge is 0.202 e. The van der Waals surface area contributed by atoms with Crippen LogP contribution in [0.3, 0.4) is 0 Å². The van der Waals surface area contributed by atoms with E-state index < -0.39 is 5.92 Å². The number of hydrogen-bond acceptors (Lipinski definition) is 0. The lowest BCUT2D eigenvalue weighted by Gasteiger charge is -2.12. The minimum atomic E-state index is -2.70.